The highest BCUT2D eigenvalue weighted by molar-refractivity contribution is 5.82. The Morgan fingerprint density at radius 1 is 1.39 bits per heavy atom. The molecule has 0 unspecified atom stereocenters. The molecule has 0 radical (unpaired) electrons. The van der Waals surface area contributed by atoms with E-state index < -0.39 is 6.10 Å². The predicted molar refractivity (Wildman–Crippen MR) is 68.1 cm³/mol. The summed E-state index contributed by atoms with van der Waals surface area (Å²) in [5, 5.41) is 16.2. The van der Waals surface area contributed by atoms with Gasteiger partial charge in [0.05, 0.1) is 18.2 Å². The predicted octanol–water partition coefficient (Wildman–Crippen LogP) is 0.513. The zero-order valence-corrected chi connectivity index (χ0v) is 10.2. The lowest BCUT2D eigenvalue weighted by atomic mass is 10.1. The summed E-state index contributed by atoms with van der Waals surface area (Å²) in [6, 6.07) is 7.57. The second-order valence-electron chi connectivity index (χ2n) is 5.11. The van der Waals surface area contributed by atoms with E-state index in [1.807, 2.05) is 24.3 Å². The van der Waals surface area contributed by atoms with Gasteiger partial charge >= 0.3 is 0 Å². The molecule has 1 aromatic carbocycles. The number of nitrogens with one attached hydrogen (secondary N) is 2. The Morgan fingerprint density at radius 2 is 2.22 bits per heavy atom. The highest BCUT2D eigenvalue weighted by atomic mass is 16.3. The fraction of sp³-hybridized carbons (Fsp3) is 0.500. The second-order valence-corrected chi connectivity index (χ2v) is 5.11. The summed E-state index contributed by atoms with van der Waals surface area (Å²) in [5.41, 5.74) is 2.19. The summed E-state index contributed by atoms with van der Waals surface area (Å²) in [6.07, 6.45) is 2.05. The molecule has 4 nitrogen and oxygen atoms in total. The van der Waals surface area contributed by atoms with Crippen LogP contribution in [0.2, 0.25) is 0 Å². The quantitative estimate of drug-likeness (QED) is 0.712. The van der Waals surface area contributed by atoms with Gasteiger partial charge in [0, 0.05) is 6.42 Å². The topological polar surface area (TPSA) is 61.4 Å². The maximum absolute atomic E-state index is 12.1. The average molecular weight is 246 g/mol. The first-order chi connectivity index (χ1) is 8.75. The van der Waals surface area contributed by atoms with Gasteiger partial charge in [0.2, 0.25) is 5.91 Å². The van der Waals surface area contributed by atoms with Crippen LogP contribution in [0.4, 0.5) is 0 Å². The molecular formula is C14H18N2O2. The smallest absolute Gasteiger partial charge is 0.237 e. The van der Waals surface area contributed by atoms with Crippen LogP contribution in [0, 0.1) is 0 Å². The van der Waals surface area contributed by atoms with Crippen molar-refractivity contribution >= 4 is 5.91 Å². The summed E-state index contributed by atoms with van der Waals surface area (Å²) in [6.45, 7) is 0.905. The van der Waals surface area contributed by atoms with Crippen molar-refractivity contribution in [1.29, 1.82) is 0 Å². The van der Waals surface area contributed by atoms with E-state index in [2.05, 4.69) is 10.6 Å². The van der Waals surface area contributed by atoms with Crippen molar-refractivity contribution in [3.05, 3.63) is 35.4 Å². The van der Waals surface area contributed by atoms with E-state index in [0.717, 1.165) is 30.5 Å². The minimum atomic E-state index is -0.507. The van der Waals surface area contributed by atoms with Gasteiger partial charge in [0.25, 0.3) is 0 Å². The fourth-order valence-electron chi connectivity index (χ4n) is 2.91. The first-order valence-electron chi connectivity index (χ1n) is 6.55. The first kappa shape index (κ1) is 11.7. The summed E-state index contributed by atoms with van der Waals surface area (Å²) in [4.78, 5) is 12.1. The van der Waals surface area contributed by atoms with Crippen LogP contribution in [0.1, 0.15) is 30.0 Å². The molecule has 18 heavy (non-hydrogen) atoms. The summed E-state index contributed by atoms with van der Waals surface area (Å²) >= 11 is 0. The zero-order valence-electron chi connectivity index (χ0n) is 10.2. The van der Waals surface area contributed by atoms with Gasteiger partial charge in [-0.2, -0.15) is 0 Å². The number of carbonyl (C=O) groups is 1. The molecule has 3 atom stereocenters. The number of fused-ring (bicyclic) bond motifs is 1. The van der Waals surface area contributed by atoms with Gasteiger partial charge in [-0.1, -0.05) is 24.3 Å². The van der Waals surface area contributed by atoms with E-state index in [-0.39, 0.29) is 18.0 Å². The van der Waals surface area contributed by atoms with E-state index in [0.29, 0.717) is 6.42 Å². The lowest BCUT2D eigenvalue weighted by Gasteiger charge is -2.20. The maximum Gasteiger partial charge on any atom is 0.237 e. The minimum Gasteiger partial charge on any atom is -0.390 e. The van der Waals surface area contributed by atoms with Crippen LogP contribution in [0.5, 0.6) is 0 Å². The van der Waals surface area contributed by atoms with Gasteiger partial charge in [0.15, 0.2) is 0 Å². The SMILES string of the molecule is O=C(N[C@@H]1c2ccccc2C[C@@H]1O)[C@@H]1CCCN1. The number of aliphatic hydroxyl groups is 1. The molecule has 0 spiro atoms. The van der Waals surface area contributed by atoms with Crippen LogP contribution in [0.3, 0.4) is 0 Å². The third-order valence-electron chi connectivity index (χ3n) is 3.88. The van der Waals surface area contributed by atoms with Crippen molar-refractivity contribution in [1.82, 2.24) is 10.6 Å². The number of carbonyl (C=O) groups excluding carboxylic acids is 1. The van der Waals surface area contributed by atoms with Gasteiger partial charge < -0.3 is 15.7 Å². The molecule has 1 aromatic rings. The van der Waals surface area contributed by atoms with Crippen LogP contribution in [-0.4, -0.2) is 29.7 Å². The minimum absolute atomic E-state index is 0.00764. The molecule has 3 rings (SSSR count). The highest BCUT2D eigenvalue weighted by Gasteiger charge is 2.33. The van der Waals surface area contributed by atoms with E-state index in [1.54, 1.807) is 0 Å². The number of hydrogen-bond donors (Lipinski definition) is 3. The van der Waals surface area contributed by atoms with Gasteiger partial charge in [0.1, 0.15) is 0 Å². The molecule has 0 aromatic heterocycles. The number of amides is 1. The van der Waals surface area contributed by atoms with Crippen molar-refractivity contribution in [3.8, 4) is 0 Å². The average Bonchev–Trinajstić information content (AvgIpc) is 2.98. The lowest BCUT2D eigenvalue weighted by molar-refractivity contribution is -0.124. The first-order valence-corrected chi connectivity index (χ1v) is 6.55. The Balaban J connectivity index is 1.74. The van der Waals surface area contributed by atoms with Gasteiger partial charge in [-0.25, -0.2) is 0 Å². The van der Waals surface area contributed by atoms with Gasteiger partial charge in [-0.3, -0.25) is 4.79 Å². The molecule has 1 fully saturated rings. The number of aliphatic hydroxyl groups excluding tert-OH is 1. The Hall–Kier alpha value is -1.39. The van der Waals surface area contributed by atoms with E-state index in [9.17, 15) is 9.90 Å². The molecule has 1 heterocycles. The van der Waals surface area contributed by atoms with Crippen LogP contribution >= 0.6 is 0 Å². The van der Waals surface area contributed by atoms with Crippen molar-refractivity contribution < 1.29 is 9.90 Å². The van der Waals surface area contributed by atoms with Crippen LogP contribution in [0.25, 0.3) is 0 Å². The molecule has 2 aliphatic rings. The largest absolute Gasteiger partial charge is 0.390 e. The van der Waals surface area contributed by atoms with Crippen molar-refractivity contribution in [2.24, 2.45) is 0 Å². The van der Waals surface area contributed by atoms with Crippen LogP contribution < -0.4 is 10.6 Å². The van der Waals surface area contributed by atoms with E-state index in [1.165, 1.54) is 0 Å². The molecule has 1 saturated heterocycles. The third-order valence-corrected chi connectivity index (χ3v) is 3.88. The van der Waals surface area contributed by atoms with Crippen molar-refractivity contribution in [2.75, 3.05) is 6.54 Å². The molecule has 1 aliphatic heterocycles. The molecule has 1 aliphatic carbocycles. The standard InChI is InChI=1S/C14H18N2O2/c17-12-8-9-4-1-2-5-10(9)13(12)16-14(18)11-6-3-7-15-11/h1-2,4-5,11-13,15,17H,3,6-8H2,(H,16,18)/t11-,12-,13+/m0/s1. The lowest BCUT2D eigenvalue weighted by Crippen LogP contribution is -2.44. The zero-order chi connectivity index (χ0) is 12.5. The molecule has 96 valence electrons. The molecule has 0 bridgehead atoms. The summed E-state index contributed by atoms with van der Waals surface area (Å²) < 4.78 is 0. The molecule has 4 heteroatoms. The summed E-state index contributed by atoms with van der Waals surface area (Å²) in [5.74, 6) is 0.00764. The maximum atomic E-state index is 12.1. The summed E-state index contributed by atoms with van der Waals surface area (Å²) in [7, 11) is 0. The van der Waals surface area contributed by atoms with Crippen LogP contribution in [0.15, 0.2) is 24.3 Å². The Labute approximate surface area is 106 Å². The van der Waals surface area contributed by atoms with Crippen molar-refractivity contribution in [3.63, 3.8) is 0 Å². The third kappa shape index (κ3) is 2.02. The van der Waals surface area contributed by atoms with Gasteiger partial charge in [-0.15, -0.1) is 0 Å². The molecular weight excluding hydrogens is 228 g/mol. The molecule has 3 N–H and O–H groups in total. The Bertz CT molecular complexity index is 455. The number of rotatable bonds is 2. The van der Waals surface area contributed by atoms with E-state index in [4.69, 9.17) is 0 Å². The number of hydrogen-bond acceptors (Lipinski definition) is 3. The Morgan fingerprint density at radius 3 is 3.00 bits per heavy atom. The molecule has 0 saturated carbocycles. The van der Waals surface area contributed by atoms with E-state index >= 15 is 0 Å². The molecule has 1 amide bonds. The monoisotopic (exact) mass is 246 g/mol. The normalized spacial score (nSPS) is 30.2. The van der Waals surface area contributed by atoms with Crippen molar-refractivity contribution in [2.45, 2.75) is 37.5 Å². The van der Waals surface area contributed by atoms with Gasteiger partial charge in [-0.05, 0) is 30.5 Å². The Kier molecular flexibility index (Phi) is 3.06. The second kappa shape index (κ2) is 4.71. The number of benzene rings is 1. The highest BCUT2D eigenvalue weighted by Crippen LogP contribution is 2.31. The van der Waals surface area contributed by atoms with Crippen LogP contribution in [-0.2, 0) is 11.2 Å². The fourth-order valence-corrected chi connectivity index (χ4v) is 2.91.